The SMILES string of the molecule is C[C@@](O)(CC[C@H]1CC=CC(=O)O1)C(C[C@@H](O)\C=C/C=C\C=C\CO)OC(F)(F)P(=O)(O)O. The molecule has 1 aliphatic rings. The van der Waals surface area contributed by atoms with Gasteiger partial charge in [-0.15, -0.1) is 0 Å². The fourth-order valence-electron chi connectivity index (χ4n) is 2.79. The molecule has 0 radical (unpaired) electrons. The molecule has 5 N–H and O–H groups in total. The summed E-state index contributed by atoms with van der Waals surface area (Å²) in [5.41, 5.74) is -2.05. The van der Waals surface area contributed by atoms with Crippen LogP contribution in [0.15, 0.2) is 48.6 Å². The lowest BCUT2D eigenvalue weighted by molar-refractivity contribution is -0.254. The lowest BCUT2D eigenvalue weighted by atomic mass is 9.88. The predicted octanol–water partition coefficient (Wildman–Crippen LogP) is 1.91. The lowest BCUT2D eigenvalue weighted by Crippen LogP contribution is -2.47. The molecule has 0 aromatic heterocycles. The highest BCUT2D eigenvalue weighted by Crippen LogP contribution is 2.54. The Morgan fingerprint density at radius 3 is 2.56 bits per heavy atom. The molecule has 0 aliphatic carbocycles. The number of esters is 1. The molecule has 182 valence electrons. The molecule has 0 fully saturated rings. The van der Waals surface area contributed by atoms with Crippen molar-refractivity contribution in [2.45, 2.75) is 62.4 Å². The van der Waals surface area contributed by atoms with Crippen molar-refractivity contribution in [1.29, 1.82) is 0 Å². The van der Waals surface area contributed by atoms with Gasteiger partial charge >= 0.3 is 19.4 Å². The molecule has 0 spiro atoms. The molecule has 1 unspecified atom stereocenters. The largest absolute Gasteiger partial charge is 0.459 e. The summed E-state index contributed by atoms with van der Waals surface area (Å²) < 4.78 is 48.3. The van der Waals surface area contributed by atoms with E-state index < -0.39 is 49.7 Å². The molecule has 0 bridgehead atoms. The number of ether oxygens (including phenoxy) is 2. The molecular weight excluding hydrogens is 453 g/mol. The standard InChI is InChI=1S/C20H29F2O9P/c1-19(26,12-11-16-9-7-10-18(25)30-16)17(31-20(21,22)32(27,28)29)14-15(24)8-5-3-2-4-6-13-23/h2-8,10,15-17,23-24,26H,9,11-14H2,1H3,(H2,27,28,29)/b3-2-,6-4+,8-5-/t15-,16+,17?,19+/m0/s1. The summed E-state index contributed by atoms with van der Waals surface area (Å²) in [5.74, 6) is -5.47. The molecule has 0 amide bonds. The minimum absolute atomic E-state index is 0.0658. The Balaban J connectivity index is 2.92. The number of hydrogen-bond acceptors (Lipinski definition) is 7. The first kappa shape index (κ1) is 28.3. The number of cyclic esters (lactones) is 1. The van der Waals surface area contributed by atoms with E-state index in [4.69, 9.17) is 19.6 Å². The van der Waals surface area contributed by atoms with Gasteiger partial charge in [-0.1, -0.05) is 42.5 Å². The van der Waals surface area contributed by atoms with E-state index in [1.807, 2.05) is 0 Å². The highest BCUT2D eigenvalue weighted by Gasteiger charge is 2.54. The van der Waals surface area contributed by atoms with E-state index in [1.165, 1.54) is 42.5 Å². The molecular formula is C20H29F2O9P. The van der Waals surface area contributed by atoms with Crippen LogP contribution in [0, 0.1) is 0 Å². The van der Waals surface area contributed by atoms with E-state index in [0.717, 1.165) is 6.92 Å². The van der Waals surface area contributed by atoms with Gasteiger partial charge in [-0.25, -0.2) is 4.79 Å². The Hall–Kier alpha value is -1.72. The maximum atomic E-state index is 13.9. The van der Waals surface area contributed by atoms with Gasteiger partial charge in [0.2, 0.25) is 0 Å². The average Bonchev–Trinajstić information content (AvgIpc) is 2.67. The van der Waals surface area contributed by atoms with Gasteiger partial charge in [-0.3, -0.25) is 4.57 Å². The summed E-state index contributed by atoms with van der Waals surface area (Å²) in [4.78, 5) is 29.1. The first-order valence-corrected chi connectivity index (χ1v) is 11.4. The molecule has 1 heterocycles. The summed E-state index contributed by atoms with van der Waals surface area (Å²) >= 11 is 0. The monoisotopic (exact) mass is 482 g/mol. The highest BCUT2D eigenvalue weighted by atomic mass is 31.2. The fraction of sp³-hybridized carbons (Fsp3) is 0.550. The van der Waals surface area contributed by atoms with Crippen LogP contribution in [0.4, 0.5) is 8.78 Å². The molecule has 0 aromatic rings. The average molecular weight is 482 g/mol. The van der Waals surface area contributed by atoms with Gasteiger partial charge in [0.25, 0.3) is 0 Å². The molecule has 1 aliphatic heterocycles. The number of aliphatic hydroxyl groups excluding tert-OH is 2. The van der Waals surface area contributed by atoms with Gasteiger partial charge in [0.1, 0.15) is 6.10 Å². The first-order valence-electron chi connectivity index (χ1n) is 9.78. The van der Waals surface area contributed by atoms with Crippen molar-refractivity contribution in [3.63, 3.8) is 0 Å². The third kappa shape index (κ3) is 9.83. The molecule has 0 saturated carbocycles. The second kappa shape index (κ2) is 12.5. The van der Waals surface area contributed by atoms with E-state index in [-0.39, 0.29) is 19.4 Å². The van der Waals surface area contributed by atoms with E-state index in [1.54, 1.807) is 6.08 Å². The van der Waals surface area contributed by atoms with Crippen molar-refractivity contribution < 1.29 is 52.7 Å². The second-order valence-electron chi connectivity index (χ2n) is 7.41. The number of carbonyl (C=O) groups excluding carboxylic acids is 1. The Labute approximate surface area is 184 Å². The van der Waals surface area contributed by atoms with Crippen LogP contribution in [0.3, 0.4) is 0 Å². The zero-order valence-corrected chi connectivity index (χ0v) is 18.4. The van der Waals surface area contributed by atoms with Crippen LogP contribution >= 0.6 is 7.60 Å². The van der Waals surface area contributed by atoms with Crippen LogP contribution in [-0.2, 0) is 18.8 Å². The molecule has 1 rings (SSSR count). The number of aliphatic hydroxyl groups is 3. The van der Waals surface area contributed by atoms with Crippen LogP contribution in [0.25, 0.3) is 0 Å². The summed E-state index contributed by atoms with van der Waals surface area (Å²) in [7, 11) is -6.01. The fourth-order valence-corrected chi connectivity index (χ4v) is 3.05. The van der Waals surface area contributed by atoms with E-state index in [2.05, 4.69) is 4.74 Å². The molecule has 0 aromatic carbocycles. The summed E-state index contributed by atoms with van der Waals surface area (Å²) in [6, 6.07) is 0. The number of hydrogen-bond donors (Lipinski definition) is 5. The maximum Gasteiger partial charge on any atom is 0.459 e. The quantitative estimate of drug-likeness (QED) is 0.150. The molecule has 9 nitrogen and oxygen atoms in total. The Bertz CT molecular complexity index is 771. The van der Waals surface area contributed by atoms with Gasteiger partial charge in [0.05, 0.1) is 24.4 Å². The third-order valence-corrected chi connectivity index (χ3v) is 5.37. The zero-order valence-electron chi connectivity index (χ0n) is 17.5. The van der Waals surface area contributed by atoms with Crippen LogP contribution < -0.4 is 0 Å². The smallest absolute Gasteiger partial charge is 0.459 e. The predicted molar refractivity (Wildman–Crippen MR) is 110 cm³/mol. The van der Waals surface area contributed by atoms with Gasteiger partial charge in [0.15, 0.2) is 0 Å². The van der Waals surface area contributed by atoms with Crippen molar-refractivity contribution >= 4 is 13.6 Å². The number of allylic oxidation sites excluding steroid dienone is 4. The zero-order chi connectivity index (χ0) is 24.4. The molecule has 32 heavy (non-hydrogen) atoms. The van der Waals surface area contributed by atoms with Crippen molar-refractivity contribution in [3.8, 4) is 0 Å². The molecule has 4 atom stereocenters. The Morgan fingerprint density at radius 1 is 1.31 bits per heavy atom. The van der Waals surface area contributed by atoms with E-state index in [0.29, 0.717) is 6.42 Å². The van der Waals surface area contributed by atoms with Crippen LogP contribution in [0.5, 0.6) is 0 Å². The number of halogens is 2. The Morgan fingerprint density at radius 2 is 1.97 bits per heavy atom. The first-order chi connectivity index (χ1) is 14.8. The summed E-state index contributed by atoms with van der Waals surface area (Å²) in [6.45, 7) is 0.971. The minimum atomic E-state index is -6.01. The minimum Gasteiger partial charge on any atom is -0.459 e. The lowest BCUT2D eigenvalue weighted by Gasteiger charge is -2.36. The topological polar surface area (TPSA) is 154 Å². The number of carbonyl (C=O) groups is 1. The second-order valence-corrected chi connectivity index (χ2v) is 9.02. The van der Waals surface area contributed by atoms with Crippen molar-refractivity contribution in [2.75, 3.05) is 6.61 Å². The van der Waals surface area contributed by atoms with Gasteiger partial charge < -0.3 is 34.6 Å². The van der Waals surface area contributed by atoms with E-state index in [9.17, 15) is 28.4 Å². The van der Waals surface area contributed by atoms with E-state index >= 15 is 0 Å². The van der Waals surface area contributed by atoms with Crippen molar-refractivity contribution in [2.24, 2.45) is 0 Å². The molecule has 12 heteroatoms. The van der Waals surface area contributed by atoms with Crippen molar-refractivity contribution in [3.05, 3.63) is 48.6 Å². The van der Waals surface area contributed by atoms with Crippen LogP contribution in [0.1, 0.15) is 32.6 Å². The van der Waals surface area contributed by atoms with Gasteiger partial charge in [-0.2, -0.15) is 8.78 Å². The summed E-state index contributed by atoms with van der Waals surface area (Å²) in [5, 5.41) is 29.5. The Kier molecular flexibility index (Phi) is 11.1. The van der Waals surface area contributed by atoms with Gasteiger partial charge in [0, 0.05) is 18.9 Å². The van der Waals surface area contributed by atoms with Gasteiger partial charge in [-0.05, 0) is 19.8 Å². The van der Waals surface area contributed by atoms with Crippen molar-refractivity contribution in [1.82, 2.24) is 0 Å². The van der Waals surface area contributed by atoms with Crippen LogP contribution in [0.2, 0.25) is 0 Å². The number of alkyl halides is 2. The highest BCUT2D eigenvalue weighted by molar-refractivity contribution is 7.52. The van der Waals surface area contributed by atoms with Crippen LogP contribution in [-0.4, -0.2) is 67.4 Å². The number of rotatable bonds is 13. The summed E-state index contributed by atoms with van der Waals surface area (Å²) in [6.07, 6.45) is 7.10. The third-order valence-electron chi connectivity index (χ3n) is 4.59. The normalized spacial score (nSPS) is 21.9. The molecule has 0 saturated heterocycles. The maximum absolute atomic E-state index is 13.9.